The summed E-state index contributed by atoms with van der Waals surface area (Å²) in [5.41, 5.74) is 0.0450. The third kappa shape index (κ3) is 4.71. The zero-order valence-electron chi connectivity index (χ0n) is 17.4. The molecule has 2 amide bonds. The molecule has 0 radical (unpaired) electrons. The smallest absolute Gasteiger partial charge is 0.410 e. The fourth-order valence-electron chi connectivity index (χ4n) is 3.69. The van der Waals surface area contributed by atoms with E-state index in [0.29, 0.717) is 38.2 Å². The van der Waals surface area contributed by atoms with Crippen LogP contribution in [0.25, 0.3) is 0 Å². The highest BCUT2D eigenvalue weighted by Gasteiger charge is 2.45. The second-order valence-corrected chi connectivity index (χ2v) is 7.75. The Morgan fingerprint density at radius 2 is 2.10 bits per heavy atom. The van der Waals surface area contributed by atoms with Crippen molar-refractivity contribution < 1.29 is 28.7 Å². The molecule has 2 fully saturated rings. The van der Waals surface area contributed by atoms with Crippen molar-refractivity contribution in [2.45, 2.75) is 45.2 Å². The van der Waals surface area contributed by atoms with Crippen molar-refractivity contribution in [1.29, 1.82) is 0 Å². The molecule has 1 N–H and O–H groups in total. The number of rotatable bonds is 7. The van der Waals surface area contributed by atoms with Gasteiger partial charge in [0.25, 0.3) is 5.91 Å². The summed E-state index contributed by atoms with van der Waals surface area (Å²) in [6, 6.07) is 1.60. The maximum atomic E-state index is 13.1. The molecule has 164 valence electrons. The lowest BCUT2D eigenvalue weighted by atomic mass is 9.96. The number of H-pyrrole nitrogens is 1. The minimum Gasteiger partial charge on any atom is -0.463 e. The van der Waals surface area contributed by atoms with E-state index in [0.717, 1.165) is 0 Å². The van der Waals surface area contributed by atoms with E-state index in [4.69, 9.17) is 14.3 Å². The van der Waals surface area contributed by atoms with Gasteiger partial charge in [-0.1, -0.05) is 5.16 Å². The van der Waals surface area contributed by atoms with Crippen LogP contribution < -0.4 is 0 Å². The number of carbonyl (C=O) groups is 3. The molecule has 3 heterocycles. The van der Waals surface area contributed by atoms with Gasteiger partial charge in [-0.25, -0.2) is 9.59 Å². The Balaban J connectivity index is 1.64. The third-order valence-electron chi connectivity index (χ3n) is 5.12. The van der Waals surface area contributed by atoms with Gasteiger partial charge in [0, 0.05) is 25.3 Å². The van der Waals surface area contributed by atoms with E-state index in [1.54, 1.807) is 22.8 Å². The number of nitrogens with one attached hydrogen (secondary N) is 1. The van der Waals surface area contributed by atoms with E-state index < -0.39 is 12.6 Å². The lowest BCUT2D eigenvalue weighted by Gasteiger charge is -2.40. The van der Waals surface area contributed by atoms with Gasteiger partial charge in [0.1, 0.15) is 6.61 Å². The second-order valence-electron chi connectivity index (χ2n) is 7.75. The molecule has 0 saturated carbocycles. The molecule has 3 rings (SSSR count). The molecule has 0 bridgehead atoms. The summed E-state index contributed by atoms with van der Waals surface area (Å²) in [4.78, 5) is 45.1. The summed E-state index contributed by atoms with van der Waals surface area (Å²) in [5.74, 6) is -0.914. The first-order valence-corrected chi connectivity index (χ1v) is 9.94. The molecule has 0 unspecified atom stereocenters. The minimum absolute atomic E-state index is 0.00616. The summed E-state index contributed by atoms with van der Waals surface area (Å²) >= 11 is 0. The SMILES string of the molecule is CCOC(=O)CON=C(C(=O)N1CCC(N2C(=O)OCC2(C)C)CC1)c1ccn[nH]1. The molecular formula is C19H27N5O6. The number of carbonyl (C=O) groups excluding carboxylic acids is 3. The summed E-state index contributed by atoms with van der Waals surface area (Å²) in [6.07, 6.45) is 2.45. The highest BCUT2D eigenvalue weighted by Crippen LogP contribution is 2.30. The van der Waals surface area contributed by atoms with Crippen LogP contribution in [0.4, 0.5) is 4.79 Å². The Hall–Kier alpha value is -3.11. The van der Waals surface area contributed by atoms with Crippen LogP contribution in [0.3, 0.4) is 0 Å². The van der Waals surface area contributed by atoms with Crippen LogP contribution in [0.2, 0.25) is 0 Å². The van der Waals surface area contributed by atoms with Crippen LogP contribution in [0.1, 0.15) is 39.3 Å². The third-order valence-corrected chi connectivity index (χ3v) is 5.12. The van der Waals surface area contributed by atoms with Gasteiger partial charge in [-0.2, -0.15) is 5.10 Å². The molecule has 1 aromatic rings. The summed E-state index contributed by atoms with van der Waals surface area (Å²) < 4.78 is 9.98. The Bertz CT molecular complexity index is 798. The highest BCUT2D eigenvalue weighted by molar-refractivity contribution is 6.44. The molecule has 0 spiro atoms. The Labute approximate surface area is 174 Å². The number of hydrogen-bond acceptors (Lipinski definition) is 8. The largest absolute Gasteiger partial charge is 0.463 e. The number of likely N-dealkylation sites (tertiary alicyclic amines) is 1. The predicted octanol–water partition coefficient (Wildman–Crippen LogP) is 0.915. The van der Waals surface area contributed by atoms with Crippen molar-refractivity contribution in [3.05, 3.63) is 18.0 Å². The van der Waals surface area contributed by atoms with Crippen LogP contribution in [-0.2, 0) is 23.9 Å². The number of piperidine rings is 1. The molecule has 0 aliphatic carbocycles. The molecule has 30 heavy (non-hydrogen) atoms. The number of aromatic amines is 1. The van der Waals surface area contributed by atoms with E-state index in [-0.39, 0.29) is 35.9 Å². The van der Waals surface area contributed by atoms with Crippen molar-refractivity contribution in [3.8, 4) is 0 Å². The fourth-order valence-corrected chi connectivity index (χ4v) is 3.69. The van der Waals surface area contributed by atoms with Gasteiger partial charge < -0.3 is 19.2 Å². The van der Waals surface area contributed by atoms with Gasteiger partial charge in [0.2, 0.25) is 6.61 Å². The molecular weight excluding hydrogens is 394 g/mol. The number of nitrogens with zero attached hydrogens (tertiary/aromatic N) is 4. The van der Waals surface area contributed by atoms with Crippen LogP contribution in [-0.4, -0.2) is 88.2 Å². The standard InChI is InChI=1S/C19H27N5O6/c1-4-28-15(25)11-30-22-16(14-5-8-20-21-14)17(26)23-9-6-13(7-10-23)24-18(27)29-12-19(24,2)3/h5,8,13H,4,6-7,9-12H2,1-3H3,(H,20,21). The molecule has 1 aromatic heterocycles. The molecule has 0 atom stereocenters. The van der Waals surface area contributed by atoms with E-state index >= 15 is 0 Å². The summed E-state index contributed by atoms with van der Waals surface area (Å²) in [6.45, 7) is 6.73. The molecule has 11 nitrogen and oxygen atoms in total. The van der Waals surface area contributed by atoms with Crippen molar-refractivity contribution in [2.75, 3.05) is 32.9 Å². The molecule has 0 aromatic carbocycles. The van der Waals surface area contributed by atoms with Gasteiger partial charge in [-0.3, -0.25) is 14.8 Å². The minimum atomic E-state index is -0.571. The first kappa shape index (κ1) is 21.6. The highest BCUT2D eigenvalue weighted by atomic mass is 16.7. The predicted molar refractivity (Wildman–Crippen MR) is 105 cm³/mol. The quantitative estimate of drug-likeness (QED) is 0.394. The number of hydrogen-bond donors (Lipinski definition) is 1. The van der Waals surface area contributed by atoms with Gasteiger partial charge in [0.15, 0.2) is 5.71 Å². The number of oxime groups is 1. The number of aromatic nitrogens is 2. The zero-order chi connectivity index (χ0) is 21.7. The lowest BCUT2D eigenvalue weighted by Crippen LogP contribution is -2.54. The number of amides is 2. The first-order valence-electron chi connectivity index (χ1n) is 9.94. The van der Waals surface area contributed by atoms with E-state index in [1.165, 1.54) is 6.20 Å². The van der Waals surface area contributed by atoms with Crippen LogP contribution in [0.5, 0.6) is 0 Å². The van der Waals surface area contributed by atoms with Crippen molar-refractivity contribution in [2.24, 2.45) is 5.16 Å². The number of ether oxygens (including phenoxy) is 2. The van der Waals surface area contributed by atoms with E-state index in [2.05, 4.69) is 15.4 Å². The normalized spacial score (nSPS) is 19.6. The Morgan fingerprint density at radius 1 is 1.37 bits per heavy atom. The van der Waals surface area contributed by atoms with Crippen molar-refractivity contribution >= 4 is 23.7 Å². The lowest BCUT2D eigenvalue weighted by molar-refractivity contribution is -0.148. The maximum Gasteiger partial charge on any atom is 0.410 e. The topological polar surface area (TPSA) is 126 Å². The van der Waals surface area contributed by atoms with Crippen LogP contribution in [0, 0.1) is 0 Å². The van der Waals surface area contributed by atoms with Crippen molar-refractivity contribution in [3.63, 3.8) is 0 Å². The van der Waals surface area contributed by atoms with Crippen LogP contribution in [0.15, 0.2) is 17.4 Å². The Kier molecular flexibility index (Phi) is 6.58. The van der Waals surface area contributed by atoms with Gasteiger partial charge in [-0.05, 0) is 39.7 Å². The average molecular weight is 421 g/mol. The molecule has 2 saturated heterocycles. The summed E-state index contributed by atoms with van der Waals surface area (Å²) in [5, 5.41) is 10.4. The van der Waals surface area contributed by atoms with Gasteiger partial charge in [0.05, 0.1) is 17.8 Å². The first-order chi connectivity index (χ1) is 14.3. The monoisotopic (exact) mass is 421 g/mol. The molecule has 2 aliphatic rings. The maximum absolute atomic E-state index is 13.1. The zero-order valence-corrected chi connectivity index (χ0v) is 17.4. The van der Waals surface area contributed by atoms with Gasteiger partial charge >= 0.3 is 12.1 Å². The second kappa shape index (κ2) is 9.14. The number of cyclic esters (lactones) is 1. The van der Waals surface area contributed by atoms with Gasteiger partial charge in [-0.15, -0.1) is 0 Å². The van der Waals surface area contributed by atoms with E-state index in [1.807, 2.05) is 13.8 Å². The number of esters is 1. The molecule has 11 heteroatoms. The average Bonchev–Trinajstić information content (AvgIpc) is 3.33. The fraction of sp³-hybridized carbons (Fsp3) is 0.632. The van der Waals surface area contributed by atoms with E-state index in [9.17, 15) is 14.4 Å². The molecule has 2 aliphatic heterocycles. The van der Waals surface area contributed by atoms with Crippen molar-refractivity contribution in [1.82, 2.24) is 20.0 Å². The Morgan fingerprint density at radius 3 is 2.67 bits per heavy atom. The summed E-state index contributed by atoms with van der Waals surface area (Å²) in [7, 11) is 0. The van der Waals surface area contributed by atoms with Crippen LogP contribution >= 0.6 is 0 Å².